The van der Waals surface area contributed by atoms with E-state index in [2.05, 4.69) is 10.6 Å². The van der Waals surface area contributed by atoms with Crippen LogP contribution in [0.1, 0.15) is 12.5 Å². The van der Waals surface area contributed by atoms with E-state index in [4.69, 9.17) is 0 Å². The number of carbonyl (C=O) groups excluding carboxylic acids is 2. The summed E-state index contributed by atoms with van der Waals surface area (Å²) >= 11 is 0. The molecule has 0 fully saturated rings. The quantitative estimate of drug-likeness (QED) is 0.494. The van der Waals surface area contributed by atoms with Crippen LogP contribution in [0.2, 0.25) is 0 Å². The molecular formula is C17H14FN3O4. The third kappa shape index (κ3) is 5.24. The van der Waals surface area contributed by atoms with Crippen LogP contribution in [0.5, 0.6) is 0 Å². The lowest BCUT2D eigenvalue weighted by molar-refractivity contribution is -0.384. The van der Waals surface area contributed by atoms with E-state index in [0.29, 0.717) is 11.3 Å². The van der Waals surface area contributed by atoms with Gasteiger partial charge >= 0.3 is 0 Å². The number of benzene rings is 2. The number of nitrogens with zero attached hydrogens (tertiary/aromatic N) is 1. The third-order valence-corrected chi connectivity index (χ3v) is 3.08. The number of nitrogens with one attached hydrogen (secondary N) is 2. The van der Waals surface area contributed by atoms with Crippen LogP contribution in [-0.2, 0) is 9.59 Å². The molecule has 2 rings (SSSR count). The van der Waals surface area contributed by atoms with Crippen molar-refractivity contribution in [3.8, 4) is 0 Å². The van der Waals surface area contributed by atoms with Crippen molar-refractivity contribution in [2.75, 3.05) is 10.6 Å². The minimum Gasteiger partial charge on any atom is -0.326 e. The van der Waals surface area contributed by atoms with Gasteiger partial charge in [0.25, 0.3) is 5.69 Å². The highest BCUT2D eigenvalue weighted by atomic mass is 19.1. The molecule has 128 valence electrons. The Labute approximate surface area is 142 Å². The number of nitro benzene ring substituents is 1. The molecule has 25 heavy (non-hydrogen) atoms. The Hall–Kier alpha value is -3.55. The van der Waals surface area contributed by atoms with Gasteiger partial charge in [-0.1, -0.05) is 12.1 Å². The highest BCUT2D eigenvalue weighted by Gasteiger charge is 2.12. The number of non-ortho nitro benzene ring substituents is 1. The van der Waals surface area contributed by atoms with Crippen molar-refractivity contribution in [2.24, 2.45) is 0 Å². The summed E-state index contributed by atoms with van der Waals surface area (Å²) in [6.07, 6.45) is 2.66. The number of hydrogen-bond acceptors (Lipinski definition) is 4. The van der Waals surface area contributed by atoms with E-state index in [-0.39, 0.29) is 17.3 Å². The molecule has 0 saturated heterocycles. The topological polar surface area (TPSA) is 101 Å². The lowest BCUT2D eigenvalue weighted by Crippen LogP contribution is -2.09. The van der Waals surface area contributed by atoms with Crippen LogP contribution >= 0.6 is 0 Å². The monoisotopic (exact) mass is 343 g/mol. The maximum Gasteiger partial charge on any atom is 0.271 e. The summed E-state index contributed by atoms with van der Waals surface area (Å²) in [5.41, 5.74) is 0.704. The Kier molecular flexibility index (Phi) is 5.57. The minimum absolute atomic E-state index is 0.193. The molecule has 2 aromatic carbocycles. The van der Waals surface area contributed by atoms with Crippen LogP contribution < -0.4 is 10.6 Å². The predicted molar refractivity (Wildman–Crippen MR) is 91.5 cm³/mol. The average Bonchev–Trinajstić information content (AvgIpc) is 2.55. The van der Waals surface area contributed by atoms with Crippen LogP contribution in [0.4, 0.5) is 21.5 Å². The molecule has 0 aromatic heterocycles. The molecule has 0 spiro atoms. The van der Waals surface area contributed by atoms with Gasteiger partial charge in [0.05, 0.1) is 10.6 Å². The molecule has 7 nitrogen and oxygen atoms in total. The van der Waals surface area contributed by atoms with Crippen molar-refractivity contribution in [3.05, 3.63) is 70.0 Å². The number of amides is 2. The number of carbonyl (C=O) groups is 2. The standard InChI is InChI=1S/C17H14FN3O4/c1-11(22)19-13-5-2-12(3-6-13)4-9-17(23)20-16-10-14(21(24)25)7-8-15(16)18/h2-10H,1H3,(H,19,22)(H,20,23)/b9-4+. The van der Waals surface area contributed by atoms with Gasteiger partial charge in [0, 0.05) is 30.8 Å². The molecule has 0 atom stereocenters. The summed E-state index contributed by atoms with van der Waals surface area (Å²) in [4.78, 5) is 32.8. The minimum atomic E-state index is -0.771. The van der Waals surface area contributed by atoms with Gasteiger partial charge in [0.2, 0.25) is 11.8 Å². The number of anilines is 2. The zero-order valence-electron chi connectivity index (χ0n) is 13.2. The second-order valence-corrected chi connectivity index (χ2v) is 5.05. The molecule has 0 radical (unpaired) electrons. The summed E-state index contributed by atoms with van der Waals surface area (Å²) in [7, 11) is 0. The molecule has 0 heterocycles. The summed E-state index contributed by atoms with van der Waals surface area (Å²) in [5.74, 6) is -1.60. The summed E-state index contributed by atoms with van der Waals surface area (Å²) in [6, 6.07) is 9.57. The fraction of sp³-hybridized carbons (Fsp3) is 0.0588. The Balaban J connectivity index is 2.04. The van der Waals surface area contributed by atoms with E-state index >= 15 is 0 Å². The second kappa shape index (κ2) is 7.82. The third-order valence-electron chi connectivity index (χ3n) is 3.08. The Morgan fingerprint density at radius 3 is 2.40 bits per heavy atom. The highest BCUT2D eigenvalue weighted by molar-refractivity contribution is 6.02. The fourth-order valence-corrected chi connectivity index (χ4v) is 1.95. The zero-order valence-corrected chi connectivity index (χ0v) is 13.2. The van der Waals surface area contributed by atoms with Crippen LogP contribution in [-0.4, -0.2) is 16.7 Å². The van der Waals surface area contributed by atoms with E-state index in [0.717, 1.165) is 18.2 Å². The van der Waals surface area contributed by atoms with Gasteiger partial charge in [-0.2, -0.15) is 0 Å². The van der Waals surface area contributed by atoms with E-state index in [9.17, 15) is 24.1 Å². The van der Waals surface area contributed by atoms with Crippen LogP contribution in [0.25, 0.3) is 6.08 Å². The first-order chi connectivity index (χ1) is 11.8. The number of halogens is 1. The first-order valence-electron chi connectivity index (χ1n) is 7.16. The molecule has 0 aliphatic heterocycles. The van der Waals surface area contributed by atoms with E-state index < -0.39 is 16.6 Å². The maximum absolute atomic E-state index is 13.6. The molecule has 0 aliphatic carbocycles. The van der Waals surface area contributed by atoms with Crippen molar-refractivity contribution >= 4 is 35.0 Å². The van der Waals surface area contributed by atoms with Crippen LogP contribution in [0, 0.1) is 15.9 Å². The molecule has 2 amide bonds. The normalized spacial score (nSPS) is 10.5. The molecule has 0 unspecified atom stereocenters. The maximum atomic E-state index is 13.6. The molecule has 2 aromatic rings. The first kappa shape index (κ1) is 17.8. The SMILES string of the molecule is CC(=O)Nc1ccc(/C=C/C(=O)Nc2cc([N+](=O)[O-])ccc2F)cc1. The van der Waals surface area contributed by atoms with Crippen molar-refractivity contribution in [2.45, 2.75) is 6.92 Å². The molecular weight excluding hydrogens is 329 g/mol. The first-order valence-corrected chi connectivity index (χ1v) is 7.16. The number of hydrogen-bond donors (Lipinski definition) is 2. The van der Waals surface area contributed by atoms with Gasteiger partial charge < -0.3 is 10.6 Å². The second-order valence-electron chi connectivity index (χ2n) is 5.05. The van der Waals surface area contributed by atoms with E-state index in [1.54, 1.807) is 24.3 Å². The lowest BCUT2D eigenvalue weighted by atomic mass is 10.2. The Morgan fingerprint density at radius 1 is 1.12 bits per heavy atom. The zero-order chi connectivity index (χ0) is 18.4. The van der Waals surface area contributed by atoms with Crippen molar-refractivity contribution in [1.82, 2.24) is 0 Å². The molecule has 0 saturated carbocycles. The van der Waals surface area contributed by atoms with Crippen LogP contribution in [0.15, 0.2) is 48.5 Å². The Bertz CT molecular complexity index is 847. The van der Waals surface area contributed by atoms with E-state index in [1.165, 1.54) is 19.1 Å². The summed E-state index contributed by atoms with van der Waals surface area (Å²) < 4.78 is 13.6. The van der Waals surface area contributed by atoms with Gasteiger partial charge in [0.15, 0.2) is 0 Å². The summed E-state index contributed by atoms with van der Waals surface area (Å²) in [6.45, 7) is 1.39. The molecule has 2 N–H and O–H groups in total. The largest absolute Gasteiger partial charge is 0.326 e. The highest BCUT2D eigenvalue weighted by Crippen LogP contribution is 2.21. The molecule has 0 bridgehead atoms. The van der Waals surface area contributed by atoms with Crippen molar-refractivity contribution in [1.29, 1.82) is 0 Å². The molecule has 0 aliphatic rings. The van der Waals surface area contributed by atoms with Crippen molar-refractivity contribution in [3.63, 3.8) is 0 Å². The Morgan fingerprint density at radius 2 is 1.80 bits per heavy atom. The van der Waals surface area contributed by atoms with Gasteiger partial charge in [0.1, 0.15) is 5.82 Å². The lowest BCUT2D eigenvalue weighted by Gasteiger charge is -2.04. The average molecular weight is 343 g/mol. The van der Waals surface area contributed by atoms with Crippen molar-refractivity contribution < 1.29 is 18.9 Å². The smallest absolute Gasteiger partial charge is 0.271 e. The van der Waals surface area contributed by atoms with Gasteiger partial charge in [-0.05, 0) is 29.8 Å². The molecule has 8 heteroatoms. The van der Waals surface area contributed by atoms with Gasteiger partial charge in [-0.3, -0.25) is 19.7 Å². The van der Waals surface area contributed by atoms with Crippen LogP contribution in [0.3, 0.4) is 0 Å². The summed E-state index contributed by atoms with van der Waals surface area (Å²) in [5, 5.41) is 15.5. The van der Waals surface area contributed by atoms with Gasteiger partial charge in [-0.25, -0.2) is 4.39 Å². The van der Waals surface area contributed by atoms with E-state index in [1.807, 2.05) is 0 Å². The number of rotatable bonds is 5. The fourth-order valence-electron chi connectivity index (χ4n) is 1.95. The number of nitro groups is 1. The predicted octanol–water partition coefficient (Wildman–Crippen LogP) is 3.34. The van der Waals surface area contributed by atoms with Gasteiger partial charge in [-0.15, -0.1) is 0 Å².